The molecule has 3 amide bonds. The molecule has 2 aromatic rings. The summed E-state index contributed by atoms with van der Waals surface area (Å²) in [6.07, 6.45) is 1.07. The molecule has 7 nitrogen and oxygen atoms in total. The lowest BCUT2D eigenvalue weighted by molar-refractivity contribution is -0.136. The second-order valence-corrected chi connectivity index (χ2v) is 8.41. The number of fused-ring (bicyclic) bond motifs is 1. The molecule has 0 aromatic heterocycles. The number of rotatable bonds is 3. The number of benzene rings is 2. The SMILES string of the molecule is N#Cc1cccc(NC(=O)C2CCN(C(=O)C3Sc4ccccc4NC3=O)CC2)c1. The van der Waals surface area contributed by atoms with Crippen molar-refractivity contribution in [2.24, 2.45) is 5.92 Å². The maximum atomic E-state index is 12.9. The maximum absolute atomic E-state index is 12.9. The quantitative estimate of drug-likeness (QED) is 0.744. The van der Waals surface area contributed by atoms with Gasteiger partial charge in [0, 0.05) is 29.6 Å². The molecule has 1 fully saturated rings. The minimum absolute atomic E-state index is 0.115. The van der Waals surface area contributed by atoms with Gasteiger partial charge in [0.15, 0.2) is 5.25 Å². The van der Waals surface area contributed by atoms with E-state index in [1.165, 1.54) is 11.8 Å². The van der Waals surface area contributed by atoms with E-state index in [-0.39, 0.29) is 23.6 Å². The molecule has 0 aliphatic carbocycles. The number of para-hydroxylation sites is 1. The van der Waals surface area contributed by atoms with Gasteiger partial charge in [-0.25, -0.2) is 0 Å². The summed E-state index contributed by atoms with van der Waals surface area (Å²) in [4.78, 5) is 40.4. The number of likely N-dealkylation sites (tertiary alicyclic amines) is 1. The van der Waals surface area contributed by atoms with Crippen LogP contribution >= 0.6 is 11.8 Å². The molecule has 2 N–H and O–H groups in total. The Kier molecular flexibility index (Phi) is 5.72. The van der Waals surface area contributed by atoms with E-state index in [4.69, 9.17) is 5.26 Å². The van der Waals surface area contributed by atoms with Gasteiger partial charge < -0.3 is 15.5 Å². The number of anilines is 2. The Balaban J connectivity index is 1.34. The number of nitriles is 1. The molecule has 8 heteroatoms. The fourth-order valence-electron chi connectivity index (χ4n) is 3.65. The topological polar surface area (TPSA) is 102 Å². The first-order chi connectivity index (χ1) is 14.5. The summed E-state index contributed by atoms with van der Waals surface area (Å²) in [5.74, 6) is -0.849. The first kappa shape index (κ1) is 20.0. The zero-order valence-electron chi connectivity index (χ0n) is 16.1. The van der Waals surface area contributed by atoms with Crippen LogP contribution in [0.4, 0.5) is 11.4 Å². The molecule has 0 radical (unpaired) electrons. The molecule has 0 spiro atoms. The summed E-state index contributed by atoms with van der Waals surface area (Å²) in [6.45, 7) is 0.863. The Bertz CT molecular complexity index is 1040. The molecule has 0 saturated carbocycles. The third-order valence-corrected chi connectivity index (χ3v) is 6.55. The third kappa shape index (κ3) is 4.16. The van der Waals surface area contributed by atoms with Gasteiger partial charge in [0.2, 0.25) is 17.7 Å². The van der Waals surface area contributed by atoms with E-state index in [1.807, 2.05) is 30.3 Å². The average molecular weight is 420 g/mol. The first-order valence-electron chi connectivity index (χ1n) is 9.71. The number of carbonyl (C=O) groups is 3. The highest BCUT2D eigenvalue weighted by atomic mass is 32.2. The predicted molar refractivity (Wildman–Crippen MR) is 114 cm³/mol. The van der Waals surface area contributed by atoms with Gasteiger partial charge in [-0.05, 0) is 43.2 Å². The van der Waals surface area contributed by atoms with Crippen molar-refractivity contribution in [3.05, 3.63) is 54.1 Å². The van der Waals surface area contributed by atoms with Crippen molar-refractivity contribution >= 4 is 40.9 Å². The molecule has 1 atom stereocenters. The second-order valence-electron chi connectivity index (χ2n) is 7.26. The number of hydrogen-bond donors (Lipinski definition) is 2. The molecule has 2 aliphatic rings. The van der Waals surface area contributed by atoms with Crippen LogP contribution in [-0.2, 0) is 14.4 Å². The van der Waals surface area contributed by atoms with Crippen molar-refractivity contribution in [2.75, 3.05) is 23.7 Å². The van der Waals surface area contributed by atoms with Crippen LogP contribution in [0.5, 0.6) is 0 Å². The number of piperidine rings is 1. The summed E-state index contributed by atoms with van der Waals surface area (Å²) in [5.41, 5.74) is 1.80. The minimum atomic E-state index is -0.806. The molecule has 4 rings (SSSR count). The van der Waals surface area contributed by atoms with Crippen LogP contribution in [-0.4, -0.2) is 41.0 Å². The number of hydrogen-bond acceptors (Lipinski definition) is 5. The van der Waals surface area contributed by atoms with Crippen LogP contribution in [0.2, 0.25) is 0 Å². The van der Waals surface area contributed by atoms with Crippen molar-refractivity contribution in [1.29, 1.82) is 5.26 Å². The number of carbonyl (C=O) groups excluding carboxylic acids is 3. The average Bonchev–Trinajstić information content (AvgIpc) is 2.78. The van der Waals surface area contributed by atoms with Gasteiger partial charge in [-0.3, -0.25) is 14.4 Å². The van der Waals surface area contributed by atoms with Crippen LogP contribution in [0.1, 0.15) is 18.4 Å². The molecule has 1 saturated heterocycles. The van der Waals surface area contributed by atoms with Crippen LogP contribution < -0.4 is 10.6 Å². The van der Waals surface area contributed by atoms with Crippen molar-refractivity contribution in [3.8, 4) is 6.07 Å². The van der Waals surface area contributed by atoms with Crippen LogP contribution in [0, 0.1) is 17.2 Å². The molecule has 1 unspecified atom stereocenters. The molecule has 2 heterocycles. The summed E-state index contributed by atoms with van der Waals surface area (Å²) in [7, 11) is 0. The van der Waals surface area contributed by atoms with E-state index in [0.717, 1.165) is 10.6 Å². The molecular weight excluding hydrogens is 400 g/mol. The maximum Gasteiger partial charge on any atom is 0.247 e. The van der Waals surface area contributed by atoms with E-state index in [2.05, 4.69) is 10.6 Å². The van der Waals surface area contributed by atoms with Gasteiger partial charge in [-0.15, -0.1) is 11.8 Å². The monoisotopic (exact) mass is 420 g/mol. The number of nitrogens with zero attached hydrogens (tertiary/aromatic N) is 2. The van der Waals surface area contributed by atoms with Gasteiger partial charge in [-0.2, -0.15) is 5.26 Å². The van der Waals surface area contributed by atoms with Gasteiger partial charge in [0.05, 0.1) is 17.3 Å². The zero-order chi connectivity index (χ0) is 21.1. The summed E-state index contributed by atoms with van der Waals surface area (Å²) in [5, 5.41) is 13.8. The Labute approximate surface area is 178 Å². The van der Waals surface area contributed by atoms with E-state index in [1.54, 1.807) is 29.2 Å². The molecular formula is C22H20N4O3S. The van der Waals surface area contributed by atoms with Crippen molar-refractivity contribution in [3.63, 3.8) is 0 Å². The highest BCUT2D eigenvalue weighted by Crippen LogP contribution is 2.36. The lowest BCUT2D eigenvalue weighted by Gasteiger charge is -2.34. The normalized spacial score (nSPS) is 18.7. The standard InChI is InChI=1S/C22H20N4O3S/c23-13-14-4-3-5-16(12-14)24-20(27)15-8-10-26(11-9-15)22(29)19-21(28)25-17-6-1-2-7-18(17)30-19/h1-7,12,15,19H,8-11H2,(H,24,27)(H,25,28). The Morgan fingerprint density at radius 2 is 1.90 bits per heavy atom. The summed E-state index contributed by atoms with van der Waals surface area (Å²) in [6, 6.07) is 16.2. The summed E-state index contributed by atoms with van der Waals surface area (Å²) >= 11 is 1.27. The van der Waals surface area contributed by atoms with Crippen molar-refractivity contribution < 1.29 is 14.4 Å². The number of amides is 3. The highest BCUT2D eigenvalue weighted by Gasteiger charge is 2.37. The fraction of sp³-hybridized carbons (Fsp3) is 0.273. The van der Waals surface area contributed by atoms with E-state index < -0.39 is 5.25 Å². The lowest BCUT2D eigenvalue weighted by atomic mass is 9.95. The summed E-state index contributed by atoms with van der Waals surface area (Å²) < 4.78 is 0. The van der Waals surface area contributed by atoms with Crippen molar-refractivity contribution in [2.45, 2.75) is 23.0 Å². The van der Waals surface area contributed by atoms with E-state index in [0.29, 0.717) is 37.2 Å². The van der Waals surface area contributed by atoms with Gasteiger partial charge in [-0.1, -0.05) is 18.2 Å². The minimum Gasteiger partial charge on any atom is -0.341 e. The van der Waals surface area contributed by atoms with Gasteiger partial charge in [0.1, 0.15) is 0 Å². The lowest BCUT2D eigenvalue weighted by Crippen LogP contribution is -2.48. The van der Waals surface area contributed by atoms with Crippen LogP contribution in [0.25, 0.3) is 0 Å². The molecule has 2 aromatic carbocycles. The Morgan fingerprint density at radius 3 is 2.67 bits per heavy atom. The Hall–Kier alpha value is -3.31. The van der Waals surface area contributed by atoms with Crippen molar-refractivity contribution in [1.82, 2.24) is 4.90 Å². The van der Waals surface area contributed by atoms with Gasteiger partial charge >= 0.3 is 0 Å². The second kappa shape index (κ2) is 8.59. The zero-order valence-corrected chi connectivity index (χ0v) is 16.9. The largest absolute Gasteiger partial charge is 0.341 e. The smallest absolute Gasteiger partial charge is 0.247 e. The van der Waals surface area contributed by atoms with Crippen LogP contribution in [0.3, 0.4) is 0 Å². The molecule has 30 heavy (non-hydrogen) atoms. The van der Waals surface area contributed by atoms with Gasteiger partial charge in [0.25, 0.3) is 0 Å². The predicted octanol–water partition coefficient (Wildman–Crippen LogP) is 2.85. The molecule has 152 valence electrons. The highest BCUT2D eigenvalue weighted by molar-refractivity contribution is 8.01. The first-order valence-corrected chi connectivity index (χ1v) is 10.6. The van der Waals surface area contributed by atoms with E-state index >= 15 is 0 Å². The molecule has 0 bridgehead atoms. The van der Waals surface area contributed by atoms with E-state index in [9.17, 15) is 14.4 Å². The third-order valence-electron chi connectivity index (χ3n) is 5.29. The number of thioether (sulfide) groups is 1. The Morgan fingerprint density at radius 1 is 1.13 bits per heavy atom. The molecule has 2 aliphatic heterocycles. The number of nitrogens with one attached hydrogen (secondary N) is 2. The van der Waals surface area contributed by atoms with Crippen LogP contribution in [0.15, 0.2) is 53.4 Å². The fourth-order valence-corrected chi connectivity index (χ4v) is 4.73.